The standard InChI is InChI=1S/C15H15BrFNO/c1-9-4-3-5-12(14(9)16)15(18)11-7-6-10(19-2)8-13(11)17/h3-8,15H,18H2,1-2H3. The second-order valence-electron chi connectivity index (χ2n) is 4.34. The topological polar surface area (TPSA) is 35.2 Å². The van der Waals surface area contributed by atoms with E-state index in [9.17, 15) is 4.39 Å². The van der Waals surface area contributed by atoms with Crippen LogP contribution in [0.3, 0.4) is 0 Å². The molecule has 0 aliphatic rings. The molecule has 1 unspecified atom stereocenters. The molecule has 2 aromatic carbocycles. The fraction of sp³-hybridized carbons (Fsp3) is 0.200. The lowest BCUT2D eigenvalue weighted by Gasteiger charge is -2.17. The average molecular weight is 324 g/mol. The van der Waals surface area contributed by atoms with Crippen LogP contribution in [0.4, 0.5) is 4.39 Å². The fourth-order valence-electron chi connectivity index (χ4n) is 1.96. The highest BCUT2D eigenvalue weighted by Gasteiger charge is 2.17. The van der Waals surface area contributed by atoms with E-state index in [4.69, 9.17) is 10.5 Å². The summed E-state index contributed by atoms with van der Waals surface area (Å²) in [5.74, 6) is 0.122. The Balaban J connectivity index is 2.44. The average Bonchev–Trinajstić information content (AvgIpc) is 2.41. The van der Waals surface area contributed by atoms with E-state index >= 15 is 0 Å². The maximum absolute atomic E-state index is 14.0. The van der Waals surface area contributed by atoms with Gasteiger partial charge >= 0.3 is 0 Å². The molecule has 19 heavy (non-hydrogen) atoms. The summed E-state index contributed by atoms with van der Waals surface area (Å²) in [6.07, 6.45) is 0. The molecule has 2 rings (SSSR count). The predicted molar refractivity (Wildman–Crippen MR) is 77.9 cm³/mol. The summed E-state index contributed by atoms with van der Waals surface area (Å²) in [5.41, 5.74) is 8.55. The molecule has 2 N–H and O–H groups in total. The molecule has 0 radical (unpaired) electrons. The normalized spacial score (nSPS) is 12.3. The number of benzene rings is 2. The number of rotatable bonds is 3. The lowest BCUT2D eigenvalue weighted by Crippen LogP contribution is -2.14. The molecule has 0 fully saturated rings. The van der Waals surface area contributed by atoms with E-state index in [-0.39, 0.29) is 5.82 Å². The first-order chi connectivity index (χ1) is 9.04. The van der Waals surface area contributed by atoms with Crippen molar-refractivity contribution in [1.29, 1.82) is 0 Å². The maximum atomic E-state index is 14.0. The van der Waals surface area contributed by atoms with E-state index in [1.165, 1.54) is 13.2 Å². The molecular formula is C15H15BrFNO. The van der Waals surface area contributed by atoms with Crippen LogP contribution in [-0.4, -0.2) is 7.11 Å². The van der Waals surface area contributed by atoms with E-state index in [1.807, 2.05) is 25.1 Å². The number of nitrogens with two attached hydrogens (primary N) is 1. The minimum Gasteiger partial charge on any atom is -0.497 e. The number of ether oxygens (including phenoxy) is 1. The molecule has 0 saturated heterocycles. The van der Waals surface area contributed by atoms with Crippen LogP contribution in [0, 0.1) is 12.7 Å². The van der Waals surface area contributed by atoms with Gasteiger partial charge in [0.2, 0.25) is 0 Å². The third-order valence-corrected chi connectivity index (χ3v) is 4.18. The summed E-state index contributed by atoms with van der Waals surface area (Å²) in [6.45, 7) is 1.98. The number of methoxy groups -OCH3 is 1. The van der Waals surface area contributed by atoms with Crippen molar-refractivity contribution >= 4 is 15.9 Å². The van der Waals surface area contributed by atoms with Gasteiger partial charge in [0.25, 0.3) is 0 Å². The van der Waals surface area contributed by atoms with Crippen molar-refractivity contribution in [2.24, 2.45) is 5.73 Å². The molecule has 0 heterocycles. The zero-order valence-corrected chi connectivity index (χ0v) is 12.4. The Morgan fingerprint density at radius 1 is 1.21 bits per heavy atom. The van der Waals surface area contributed by atoms with Crippen LogP contribution < -0.4 is 10.5 Å². The Hall–Kier alpha value is -1.39. The Labute approximate surface area is 120 Å². The third-order valence-electron chi connectivity index (χ3n) is 3.10. The monoisotopic (exact) mass is 323 g/mol. The molecule has 2 nitrogen and oxygen atoms in total. The van der Waals surface area contributed by atoms with Gasteiger partial charge in [0.15, 0.2) is 0 Å². The second-order valence-corrected chi connectivity index (χ2v) is 5.14. The van der Waals surface area contributed by atoms with E-state index in [0.29, 0.717) is 11.3 Å². The van der Waals surface area contributed by atoms with Gasteiger partial charge in [-0.1, -0.05) is 40.2 Å². The van der Waals surface area contributed by atoms with Crippen LogP contribution in [0.2, 0.25) is 0 Å². The van der Waals surface area contributed by atoms with Crippen molar-refractivity contribution in [1.82, 2.24) is 0 Å². The molecule has 0 aliphatic carbocycles. The van der Waals surface area contributed by atoms with E-state index in [1.54, 1.807) is 12.1 Å². The highest BCUT2D eigenvalue weighted by Crippen LogP contribution is 2.31. The van der Waals surface area contributed by atoms with Crippen LogP contribution in [0.25, 0.3) is 0 Å². The van der Waals surface area contributed by atoms with Crippen molar-refractivity contribution in [3.8, 4) is 5.75 Å². The summed E-state index contributed by atoms with van der Waals surface area (Å²) < 4.78 is 19.9. The molecule has 0 aromatic heterocycles. The quantitative estimate of drug-likeness (QED) is 0.928. The summed E-state index contributed by atoms with van der Waals surface area (Å²) in [7, 11) is 1.51. The van der Waals surface area contributed by atoms with E-state index < -0.39 is 6.04 Å². The number of aryl methyl sites for hydroxylation is 1. The number of halogens is 2. The van der Waals surface area contributed by atoms with Gasteiger partial charge in [-0.05, 0) is 24.1 Å². The van der Waals surface area contributed by atoms with Crippen LogP contribution in [-0.2, 0) is 0 Å². The highest BCUT2D eigenvalue weighted by atomic mass is 79.9. The van der Waals surface area contributed by atoms with Gasteiger partial charge in [-0.25, -0.2) is 4.39 Å². The van der Waals surface area contributed by atoms with Gasteiger partial charge in [0, 0.05) is 16.1 Å². The summed E-state index contributed by atoms with van der Waals surface area (Å²) in [4.78, 5) is 0. The Morgan fingerprint density at radius 3 is 2.58 bits per heavy atom. The molecule has 0 aliphatic heterocycles. The Kier molecular flexibility index (Phi) is 4.22. The van der Waals surface area contributed by atoms with Crippen molar-refractivity contribution in [3.05, 3.63) is 63.4 Å². The van der Waals surface area contributed by atoms with Gasteiger partial charge in [0.1, 0.15) is 11.6 Å². The van der Waals surface area contributed by atoms with Crippen molar-refractivity contribution in [2.75, 3.05) is 7.11 Å². The zero-order chi connectivity index (χ0) is 14.0. The van der Waals surface area contributed by atoms with Gasteiger partial charge in [-0.3, -0.25) is 0 Å². The largest absolute Gasteiger partial charge is 0.497 e. The maximum Gasteiger partial charge on any atom is 0.132 e. The number of hydrogen-bond donors (Lipinski definition) is 1. The first-order valence-corrected chi connectivity index (χ1v) is 6.68. The van der Waals surface area contributed by atoms with Gasteiger partial charge in [0.05, 0.1) is 13.2 Å². The van der Waals surface area contributed by atoms with E-state index in [2.05, 4.69) is 15.9 Å². The minimum absolute atomic E-state index is 0.361. The van der Waals surface area contributed by atoms with Gasteiger partial charge < -0.3 is 10.5 Å². The molecule has 100 valence electrons. The van der Waals surface area contributed by atoms with Crippen LogP contribution >= 0.6 is 15.9 Å². The van der Waals surface area contributed by atoms with Crippen molar-refractivity contribution in [2.45, 2.75) is 13.0 Å². The van der Waals surface area contributed by atoms with Gasteiger partial charge in [-0.15, -0.1) is 0 Å². The van der Waals surface area contributed by atoms with Crippen molar-refractivity contribution < 1.29 is 9.13 Å². The first kappa shape index (κ1) is 14.0. The fourth-order valence-corrected chi connectivity index (χ4v) is 2.48. The van der Waals surface area contributed by atoms with E-state index in [0.717, 1.165) is 15.6 Å². The zero-order valence-electron chi connectivity index (χ0n) is 10.8. The Morgan fingerprint density at radius 2 is 1.95 bits per heavy atom. The third kappa shape index (κ3) is 2.80. The lowest BCUT2D eigenvalue weighted by molar-refractivity contribution is 0.410. The SMILES string of the molecule is COc1ccc(C(N)c2cccc(C)c2Br)c(F)c1. The molecule has 1 atom stereocenters. The first-order valence-electron chi connectivity index (χ1n) is 5.88. The van der Waals surface area contributed by atoms with Crippen LogP contribution in [0.5, 0.6) is 5.75 Å². The molecule has 0 bridgehead atoms. The highest BCUT2D eigenvalue weighted by molar-refractivity contribution is 9.10. The van der Waals surface area contributed by atoms with Crippen molar-refractivity contribution in [3.63, 3.8) is 0 Å². The summed E-state index contributed by atoms with van der Waals surface area (Å²) in [5, 5.41) is 0. The lowest BCUT2D eigenvalue weighted by atomic mass is 9.97. The summed E-state index contributed by atoms with van der Waals surface area (Å²) in [6, 6.07) is 9.99. The molecule has 2 aromatic rings. The van der Waals surface area contributed by atoms with Gasteiger partial charge in [-0.2, -0.15) is 0 Å². The molecule has 4 heteroatoms. The van der Waals surface area contributed by atoms with Crippen LogP contribution in [0.1, 0.15) is 22.7 Å². The second kappa shape index (κ2) is 5.72. The molecule has 0 amide bonds. The predicted octanol–water partition coefficient (Wildman–Crippen LogP) is 3.95. The summed E-state index contributed by atoms with van der Waals surface area (Å²) >= 11 is 3.50. The van der Waals surface area contributed by atoms with Crippen LogP contribution in [0.15, 0.2) is 40.9 Å². The molecule has 0 saturated carbocycles. The number of hydrogen-bond acceptors (Lipinski definition) is 2. The Bertz CT molecular complexity index is 601. The minimum atomic E-state index is -0.514. The smallest absolute Gasteiger partial charge is 0.132 e. The molecular weight excluding hydrogens is 309 g/mol. The molecule has 0 spiro atoms.